The van der Waals surface area contributed by atoms with Crippen molar-refractivity contribution in [2.45, 2.75) is 32.7 Å². The highest BCUT2D eigenvalue weighted by Crippen LogP contribution is 2.27. The summed E-state index contributed by atoms with van der Waals surface area (Å²) in [4.78, 5) is 23.2. The molecule has 2 rings (SSSR count). The van der Waals surface area contributed by atoms with Crippen molar-refractivity contribution in [3.8, 4) is 0 Å². The Morgan fingerprint density at radius 1 is 1.42 bits per heavy atom. The molecular weight excluding hydrogens is 242 g/mol. The fourth-order valence-corrected chi connectivity index (χ4v) is 1.94. The summed E-state index contributed by atoms with van der Waals surface area (Å²) in [5, 5.41) is 5.94. The highest BCUT2D eigenvalue weighted by Gasteiger charge is 2.20. The minimum absolute atomic E-state index is 0.0355. The third-order valence-corrected chi connectivity index (χ3v) is 3.15. The first-order chi connectivity index (χ1) is 9.19. The second-order valence-corrected chi connectivity index (χ2v) is 5.07. The number of aromatic nitrogens is 1. The van der Waals surface area contributed by atoms with Gasteiger partial charge in [0, 0.05) is 18.8 Å². The van der Waals surface area contributed by atoms with Crippen LogP contribution in [0.4, 0.5) is 5.69 Å². The number of rotatable bonds is 7. The largest absolute Gasteiger partial charge is 0.324 e. The molecule has 104 valence electrons. The van der Waals surface area contributed by atoms with Crippen LogP contribution in [-0.4, -0.2) is 23.6 Å². The van der Waals surface area contributed by atoms with E-state index in [1.807, 2.05) is 6.92 Å². The highest BCUT2D eigenvalue weighted by molar-refractivity contribution is 5.92. The molecule has 2 N–H and O–H groups in total. The van der Waals surface area contributed by atoms with E-state index in [4.69, 9.17) is 0 Å². The van der Waals surface area contributed by atoms with Crippen LogP contribution >= 0.6 is 0 Å². The van der Waals surface area contributed by atoms with Crippen LogP contribution in [0.15, 0.2) is 23.1 Å². The molecule has 1 amide bonds. The Morgan fingerprint density at radius 3 is 2.89 bits per heavy atom. The van der Waals surface area contributed by atoms with Gasteiger partial charge in [0.15, 0.2) is 0 Å². The molecule has 0 spiro atoms. The first kappa shape index (κ1) is 13.8. The summed E-state index contributed by atoms with van der Waals surface area (Å²) in [6, 6.07) is 3.14. The van der Waals surface area contributed by atoms with Gasteiger partial charge < -0.3 is 15.2 Å². The molecule has 0 aliphatic heterocycles. The summed E-state index contributed by atoms with van der Waals surface area (Å²) in [7, 11) is 0. The van der Waals surface area contributed by atoms with Crippen molar-refractivity contribution in [2.75, 3.05) is 18.4 Å². The van der Waals surface area contributed by atoms with Crippen LogP contribution in [-0.2, 0) is 11.3 Å². The van der Waals surface area contributed by atoms with Gasteiger partial charge in [-0.25, -0.2) is 0 Å². The van der Waals surface area contributed by atoms with E-state index in [0.29, 0.717) is 18.8 Å². The van der Waals surface area contributed by atoms with Crippen LogP contribution in [0.25, 0.3) is 0 Å². The van der Waals surface area contributed by atoms with Crippen molar-refractivity contribution in [3.63, 3.8) is 0 Å². The zero-order chi connectivity index (χ0) is 13.7. The fraction of sp³-hybridized carbons (Fsp3) is 0.571. The van der Waals surface area contributed by atoms with E-state index >= 15 is 0 Å². The molecule has 0 aromatic carbocycles. The van der Waals surface area contributed by atoms with E-state index < -0.39 is 0 Å². The van der Waals surface area contributed by atoms with E-state index in [9.17, 15) is 9.59 Å². The second kappa shape index (κ2) is 6.52. The number of nitrogens with one attached hydrogen (secondary N) is 2. The van der Waals surface area contributed by atoms with Crippen LogP contribution in [0.5, 0.6) is 0 Å². The topological polar surface area (TPSA) is 63.1 Å². The number of pyridine rings is 1. The molecule has 0 saturated heterocycles. The van der Waals surface area contributed by atoms with Gasteiger partial charge in [-0.1, -0.05) is 6.92 Å². The summed E-state index contributed by atoms with van der Waals surface area (Å²) in [5.41, 5.74) is 0.637. The van der Waals surface area contributed by atoms with E-state index in [1.165, 1.54) is 18.9 Å². The number of hydrogen-bond acceptors (Lipinski definition) is 3. The lowest BCUT2D eigenvalue weighted by Gasteiger charge is -2.09. The zero-order valence-corrected chi connectivity index (χ0v) is 11.3. The van der Waals surface area contributed by atoms with Crippen LogP contribution in [0.2, 0.25) is 0 Å². The van der Waals surface area contributed by atoms with Crippen molar-refractivity contribution in [2.24, 2.45) is 5.92 Å². The SMILES string of the molecule is CCCn1cc(NC(=O)CNCC2CC2)ccc1=O. The summed E-state index contributed by atoms with van der Waals surface area (Å²) < 4.78 is 1.62. The van der Waals surface area contributed by atoms with Crippen LogP contribution in [0.3, 0.4) is 0 Å². The van der Waals surface area contributed by atoms with Gasteiger partial charge in [0.25, 0.3) is 5.56 Å². The maximum atomic E-state index is 11.7. The fourth-order valence-electron chi connectivity index (χ4n) is 1.94. The van der Waals surface area contributed by atoms with Gasteiger partial charge in [0.1, 0.15) is 0 Å². The molecule has 5 heteroatoms. The average molecular weight is 263 g/mol. The Bertz CT molecular complexity index is 492. The molecule has 1 fully saturated rings. The van der Waals surface area contributed by atoms with Gasteiger partial charge in [-0.2, -0.15) is 0 Å². The maximum Gasteiger partial charge on any atom is 0.250 e. The summed E-state index contributed by atoms with van der Waals surface area (Å²) in [5.74, 6) is 0.696. The predicted molar refractivity (Wildman–Crippen MR) is 75.2 cm³/mol. The lowest BCUT2D eigenvalue weighted by molar-refractivity contribution is -0.115. The van der Waals surface area contributed by atoms with Crippen molar-refractivity contribution in [1.29, 1.82) is 0 Å². The standard InChI is InChI=1S/C14H21N3O2/c1-2-7-17-10-12(5-6-14(17)19)16-13(18)9-15-8-11-3-4-11/h5-6,10-11,15H,2-4,7-9H2,1H3,(H,16,18). The van der Waals surface area contributed by atoms with Gasteiger partial charge in [0.2, 0.25) is 5.91 Å². The van der Waals surface area contributed by atoms with E-state index in [2.05, 4.69) is 10.6 Å². The smallest absolute Gasteiger partial charge is 0.250 e. The normalized spacial score (nSPS) is 14.4. The summed E-state index contributed by atoms with van der Waals surface area (Å²) >= 11 is 0. The Labute approximate surface area is 113 Å². The Hall–Kier alpha value is -1.62. The number of carbonyl (C=O) groups excluding carboxylic acids is 1. The molecule has 0 bridgehead atoms. The lowest BCUT2D eigenvalue weighted by atomic mass is 10.3. The third kappa shape index (κ3) is 4.52. The minimum atomic E-state index is -0.0673. The van der Waals surface area contributed by atoms with Crippen molar-refractivity contribution in [3.05, 3.63) is 28.7 Å². The summed E-state index contributed by atoms with van der Waals surface area (Å²) in [6.45, 7) is 3.92. The summed E-state index contributed by atoms with van der Waals surface area (Å²) in [6.07, 6.45) is 5.14. The number of amides is 1. The van der Waals surface area contributed by atoms with E-state index in [-0.39, 0.29) is 11.5 Å². The molecule has 5 nitrogen and oxygen atoms in total. The van der Waals surface area contributed by atoms with Gasteiger partial charge in [-0.05, 0) is 37.8 Å². The van der Waals surface area contributed by atoms with Crippen molar-refractivity contribution < 1.29 is 4.79 Å². The first-order valence-corrected chi connectivity index (χ1v) is 6.90. The first-order valence-electron chi connectivity index (χ1n) is 6.90. The molecule has 0 radical (unpaired) electrons. The highest BCUT2D eigenvalue weighted by atomic mass is 16.2. The van der Waals surface area contributed by atoms with Gasteiger partial charge >= 0.3 is 0 Å². The lowest BCUT2D eigenvalue weighted by Crippen LogP contribution is -2.30. The van der Waals surface area contributed by atoms with Gasteiger partial charge in [-0.3, -0.25) is 9.59 Å². The molecule has 1 saturated carbocycles. The Morgan fingerprint density at radius 2 is 2.21 bits per heavy atom. The molecule has 1 heterocycles. The quantitative estimate of drug-likeness (QED) is 0.777. The number of nitrogens with zero attached hydrogens (tertiary/aromatic N) is 1. The predicted octanol–water partition coefficient (Wildman–Crippen LogP) is 1.20. The second-order valence-electron chi connectivity index (χ2n) is 5.07. The van der Waals surface area contributed by atoms with E-state index in [0.717, 1.165) is 18.9 Å². The van der Waals surface area contributed by atoms with Crippen molar-refractivity contribution in [1.82, 2.24) is 9.88 Å². The van der Waals surface area contributed by atoms with Crippen LogP contribution in [0, 0.1) is 5.92 Å². The van der Waals surface area contributed by atoms with E-state index in [1.54, 1.807) is 16.8 Å². The molecule has 1 aliphatic carbocycles. The third-order valence-electron chi connectivity index (χ3n) is 3.15. The molecule has 0 atom stereocenters. The number of carbonyl (C=O) groups is 1. The number of anilines is 1. The molecule has 1 aromatic heterocycles. The zero-order valence-electron chi connectivity index (χ0n) is 11.3. The monoisotopic (exact) mass is 263 g/mol. The number of aryl methyl sites for hydroxylation is 1. The van der Waals surface area contributed by atoms with Crippen LogP contribution < -0.4 is 16.2 Å². The molecule has 1 aliphatic rings. The van der Waals surface area contributed by atoms with Gasteiger partial charge in [-0.15, -0.1) is 0 Å². The molecule has 19 heavy (non-hydrogen) atoms. The Balaban J connectivity index is 1.84. The van der Waals surface area contributed by atoms with Crippen molar-refractivity contribution >= 4 is 11.6 Å². The maximum absolute atomic E-state index is 11.7. The molecule has 0 unspecified atom stereocenters. The average Bonchev–Trinajstić information content (AvgIpc) is 3.18. The molecule has 1 aromatic rings. The molecular formula is C14H21N3O2. The van der Waals surface area contributed by atoms with Gasteiger partial charge in [0.05, 0.1) is 12.2 Å². The Kier molecular flexibility index (Phi) is 4.74. The van der Waals surface area contributed by atoms with Crippen LogP contribution in [0.1, 0.15) is 26.2 Å². The minimum Gasteiger partial charge on any atom is -0.324 e. The number of hydrogen-bond donors (Lipinski definition) is 2.